The van der Waals surface area contributed by atoms with Gasteiger partial charge >= 0.3 is 11.7 Å². The minimum Gasteiger partial charge on any atom is -0.342 e. The number of nitrogens with zero attached hydrogens (tertiary/aromatic N) is 2. The molecule has 30 heavy (non-hydrogen) atoms. The number of piperidine rings is 1. The van der Waals surface area contributed by atoms with Crippen LogP contribution in [0.2, 0.25) is 0 Å². The van der Waals surface area contributed by atoms with Gasteiger partial charge in [0.15, 0.2) is 0 Å². The monoisotopic (exact) mass is 416 g/mol. The first kappa shape index (κ1) is 21.5. The van der Waals surface area contributed by atoms with E-state index < -0.39 is 23.1 Å². The molecule has 2 heterocycles. The van der Waals surface area contributed by atoms with Crippen molar-refractivity contribution >= 4 is 11.9 Å². The molecule has 1 aromatic heterocycles. The summed E-state index contributed by atoms with van der Waals surface area (Å²) in [6.45, 7) is 1.79. The molecule has 1 saturated heterocycles. The lowest BCUT2D eigenvalue weighted by Crippen LogP contribution is -2.41. The average Bonchev–Trinajstić information content (AvgIpc) is 2.74. The highest BCUT2D eigenvalue weighted by Gasteiger charge is 2.22. The maximum atomic E-state index is 13.2. The molecular weight excluding hydrogens is 391 g/mol. The van der Waals surface area contributed by atoms with Gasteiger partial charge in [-0.2, -0.15) is 4.39 Å². The second kappa shape index (κ2) is 10.00. The lowest BCUT2D eigenvalue weighted by Gasteiger charge is -2.32. The van der Waals surface area contributed by atoms with Crippen LogP contribution < -0.4 is 16.6 Å². The average molecular weight is 416 g/mol. The zero-order chi connectivity index (χ0) is 21.5. The van der Waals surface area contributed by atoms with Crippen LogP contribution in [0.15, 0.2) is 46.1 Å². The molecule has 1 aliphatic rings. The van der Waals surface area contributed by atoms with Crippen LogP contribution in [-0.2, 0) is 11.2 Å². The summed E-state index contributed by atoms with van der Waals surface area (Å²) in [5.41, 5.74) is -1.12. The van der Waals surface area contributed by atoms with E-state index in [4.69, 9.17) is 0 Å². The molecule has 2 N–H and O–H groups in total. The van der Waals surface area contributed by atoms with Crippen molar-refractivity contribution in [2.45, 2.75) is 32.1 Å². The van der Waals surface area contributed by atoms with Crippen molar-refractivity contribution < 1.29 is 14.0 Å². The molecule has 0 bridgehead atoms. The Kier molecular flexibility index (Phi) is 7.16. The Morgan fingerprint density at radius 3 is 2.53 bits per heavy atom. The number of carbonyl (C=O) groups is 2. The standard InChI is InChI=1S/C21H25FN4O4/c22-17-14-26(21(30)24-19(17)28)20(29)23-10-4-7-15-8-11-25(12-9-15)18(27)13-16-5-2-1-3-6-16/h1-3,5-6,14-15H,4,7-13H2,(H,23,29)(H,24,28,30). The van der Waals surface area contributed by atoms with E-state index in [0.717, 1.165) is 37.9 Å². The summed E-state index contributed by atoms with van der Waals surface area (Å²) in [6, 6.07) is 8.91. The van der Waals surface area contributed by atoms with Crippen LogP contribution in [0, 0.1) is 11.7 Å². The minimum absolute atomic E-state index is 0.144. The summed E-state index contributed by atoms with van der Waals surface area (Å²) < 4.78 is 13.8. The summed E-state index contributed by atoms with van der Waals surface area (Å²) in [6.07, 6.45) is 4.42. The Balaban J connectivity index is 1.36. The number of rotatable bonds is 6. The predicted octanol–water partition coefficient (Wildman–Crippen LogP) is 1.49. The third-order valence-corrected chi connectivity index (χ3v) is 5.35. The van der Waals surface area contributed by atoms with Crippen molar-refractivity contribution in [3.63, 3.8) is 0 Å². The smallest absolute Gasteiger partial charge is 0.336 e. The molecule has 0 spiro atoms. The number of benzene rings is 1. The number of halogens is 1. The van der Waals surface area contributed by atoms with E-state index >= 15 is 0 Å². The SMILES string of the molecule is O=C(Cc1ccccc1)N1CCC(CCCNC(=O)n2cc(F)c(=O)[nH]c2=O)CC1. The molecule has 0 saturated carbocycles. The Hall–Kier alpha value is -3.23. The fraction of sp³-hybridized carbons (Fsp3) is 0.429. The van der Waals surface area contributed by atoms with Crippen molar-refractivity contribution in [3.8, 4) is 0 Å². The predicted molar refractivity (Wildman–Crippen MR) is 109 cm³/mol. The van der Waals surface area contributed by atoms with Crippen LogP contribution >= 0.6 is 0 Å². The molecule has 0 aliphatic carbocycles. The van der Waals surface area contributed by atoms with Gasteiger partial charge in [0.1, 0.15) is 0 Å². The summed E-state index contributed by atoms with van der Waals surface area (Å²) >= 11 is 0. The number of H-pyrrole nitrogens is 1. The fourth-order valence-electron chi connectivity index (χ4n) is 3.62. The number of nitrogens with one attached hydrogen (secondary N) is 2. The van der Waals surface area contributed by atoms with Crippen molar-refractivity contribution in [1.82, 2.24) is 19.8 Å². The van der Waals surface area contributed by atoms with Crippen LogP contribution in [0.25, 0.3) is 0 Å². The highest BCUT2D eigenvalue weighted by atomic mass is 19.1. The third-order valence-electron chi connectivity index (χ3n) is 5.35. The van der Waals surface area contributed by atoms with Gasteiger partial charge in [0, 0.05) is 19.6 Å². The van der Waals surface area contributed by atoms with Crippen molar-refractivity contribution in [2.75, 3.05) is 19.6 Å². The summed E-state index contributed by atoms with van der Waals surface area (Å²) in [7, 11) is 0. The number of amides is 2. The van der Waals surface area contributed by atoms with Gasteiger partial charge in [0.25, 0.3) is 5.56 Å². The van der Waals surface area contributed by atoms with Crippen LogP contribution in [0.1, 0.15) is 31.2 Å². The highest BCUT2D eigenvalue weighted by molar-refractivity contribution is 5.78. The first-order valence-corrected chi connectivity index (χ1v) is 10.1. The normalized spacial score (nSPS) is 14.5. The van der Waals surface area contributed by atoms with Gasteiger partial charge < -0.3 is 10.2 Å². The van der Waals surface area contributed by atoms with Gasteiger partial charge in [-0.25, -0.2) is 14.2 Å². The molecule has 2 amide bonds. The maximum Gasteiger partial charge on any atom is 0.336 e. The van der Waals surface area contributed by atoms with Crippen LogP contribution in [-0.4, -0.2) is 46.0 Å². The number of aromatic nitrogens is 2. The molecule has 0 atom stereocenters. The second-order valence-electron chi connectivity index (χ2n) is 7.47. The van der Waals surface area contributed by atoms with E-state index in [9.17, 15) is 23.6 Å². The second-order valence-corrected chi connectivity index (χ2v) is 7.47. The van der Waals surface area contributed by atoms with Gasteiger partial charge in [0.2, 0.25) is 11.7 Å². The number of carbonyl (C=O) groups excluding carboxylic acids is 2. The third kappa shape index (κ3) is 5.65. The summed E-state index contributed by atoms with van der Waals surface area (Å²) in [4.78, 5) is 50.6. The minimum atomic E-state index is -1.20. The van der Waals surface area contributed by atoms with E-state index in [-0.39, 0.29) is 5.91 Å². The number of likely N-dealkylation sites (tertiary alicyclic amines) is 1. The van der Waals surface area contributed by atoms with Gasteiger partial charge in [-0.3, -0.25) is 14.6 Å². The van der Waals surface area contributed by atoms with Gasteiger partial charge in [-0.15, -0.1) is 0 Å². The summed E-state index contributed by atoms with van der Waals surface area (Å²) in [5, 5.41) is 2.55. The molecule has 1 aliphatic heterocycles. The topological polar surface area (TPSA) is 104 Å². The van der Waals surface area contributed by atoms with Gasteiger partial charge in [-0.05, 0) is 37.2 Å². The zero-order valence-electron chi connectivity index (χ0n) is 16.6. The van der Waals surface area contributed by atoms with Gasteiger partial charge in [0.05, 0.1) is 12.6 Å². The molecule has 3 rings (SSSR count). The molecule has 160 valence electrons. The molecule has 9 heteroatoms. The summed E-state index contributed by atoms with van der Waals surface area (Å²) in [5.74, 6) is -0.584. The van der Waals surface area contributed by atoms with E-state index in [2.05, 4.69) is 5.32 Å². The fourth-order valence-corrected chi connectivity index (χ4v) is 3.62. The van der Waals surface area contributed by atoms with Crippen LogP contribution in [0.5, 0.6) is 0 Å². The Morgan fingerprint density at radius 2 is 1.83 bits per heavy atom. The molecule has 2 aromatic rings. The molecule has 8 nitrogen and oxygen atoms in total. The Bertz CT molecular complexity index is 994. The number of hydrogen-bond donors (Lipinski definition) is 2. The highest BCUT2D eigenvalue weighted by Crippen LogP contribution is 2.22. The molecule has 0 radical (unpaired) electrons. The molecule has 1 fully saturated rings. The van der Waals surface area contributed by atoms with E-state index in [1.807, 2.05) is 35.2 Å². The van der Waals surface area contributed by atoms with Crippen molar-refractivity contribution in [1.29, 1.82) is 0 Å². The first-order valence-electron chi connectivity index (χ1n) is 10.1. The van der Waals surface area contributed by atoms with Crippen molar-refractivity contribution in [2.24, 2.45) is 5.92 Å². The van der Waals surface area contributed by atoms with Crippen LogP contribution in [0.3, 0.4) is 0 Å². The molecule has 1 aromatic carbocycles. The van der Waals surface area contributed by atoms with E-state index in [1.54, 1.807) is 4.98 Å². The number of hydrogen-bond acceptors (Lipinski definition) is 4. The lowest BCUT2D eigenvalue weighted by molar-refractivity contribution is -0.131. The molecule has 0 unspecified atom stereocenters. The number of aromatic amines is 1. The maximum absolute atomic E-state index is 13.2. The van der Waals surface area contributed by atoms with E-state index in [0.29, 0.717) is 36.1 Å². The first-order chi connectivity index (χ1) is 14.4. The van der Waals surface area contributed by atoms with Crippen molar-refractivity contribution in [3.05, 3.63) is 68.7 Å². The quantitative estimate of drug-likeness (QED) is 0.696. The van der Waals surface area contributed by atoms with Gasteiger partial charge in [-0.1, -0.05) is 30.3 Å². The van der Waals surface area contributed by atoms with E-state index in [1.165, 1.54) is 0 Å². The Labute approximate surface area is 172 Å². The lowest BCUT2D eigenvalue weighted by atomic mass is 9.92. The zero-order valence-corrected chi connectivity index (χ0v) is 16.6. The molecular formula is C21H25FN4O4. The van der Waals surface area contributed by atoms with Crippen LogP contribution in [0.4, 0.5) is 9.18 Å². The largest absolute Gasteiger partial charge is 0.342 e. The Morgan fingerprint density at radius 1 is 1.13 bits per heavy atom.